The summed E-state index contributed by atoms with van der Waals surface area (Å²) in [5, 5.41) is 3.51. The van der Waals surface area contributed by atoms with Crippen LogP contribution in [0.3, 0.4) is 0 Å². The van der Waals surface area contributed by atoms with E-state index in [9.17, 15) is 8.42 Å². The number of methoxy groups -OCH3 is 3. The molecule has 0 aromatic heterocycles. The SMILES string of the molecule is COc1cc(CNC[C@H]2CC[C@H](NS(=O)(=O)C(C)(C)C)CC2)cc(OC)c1OC. The molecule has 0 aliphatic heterocycles. The second-order valence-electron chi connectivity index (χ2n) is 8.62. The van der Waals surface area contributed by atoms with E-state index in [4.69, 9.17) is 14.2 Å². The average Bonchev–Trinajstić information content (AvgIpc) is 2.67. The van der Waals surface area contributed by atoms with Crippen LogP contribution in [0, 0.1) is 5.92 Å². The lowest BCUT2D eigenvalue weighted by Gasteiger charge is -2.31. The van der Waals surface area contributed by atoms with Crippen molar-refractivity contribution in [3.63, 3.8) is 0 Å². The highest BCUT2D eigenvalue weighted by Crippen LogP contribution is 2.38. The predicted molar refractivity (Wildman–Crippen MR) is 115 cm³/mol. The van der Waals surface area contributed by atoms with Gasteiger partial charge in [0.05, 0.1) is 26.1 Å². The molecule has 0 spiro atoms. The number of nitrogens with one attached hydrogen (secondary N) is 2. The summed E-state index contributed by atoms with van der Waals surface area (Å²) in [7, 11) is 1.53. The maximum absolute atomic E-state index is 12.3. The molecular formula is C21H36N2O5S. The molecule has 166 valence electrons. The van der Waals surface area contributed by atoms with E-state index in [0.29, 0.717) is 29.7 Å². The van der Waals surface area contributed by atoms with E-state index in [2.05, 4.69) is 10.0 Å². The Morgan fingerprint density at radius 3 is 1.97 bits per heavy atom. The van der Waals surface area contributed by atoms with Gasteiger partial charge in [0.2, 0.25) is 15.8 Å². The van der Waals surface area contributed by atoms with E-state index < -0.39 is 14.8 Å². The molecule has 0 radical (unpaired) electrons. The van der Waals surface area contributed by atoms with Crippen molar-refractivity contribution in [1.82, 2.24) is 10.0 Å². The van der Waals surface area contributed by atoms with Crippen LogP contribution in [0.4, 0.5) is 0 Å². The Labute approximate surface area is 175 Å². The third kappa shape index (κ3) is 6.23. The monoisotopic (exact) mass is 428 g/mol. The van der Waals surface area contributed by atoms with Crippen molar-refractivity contribution in [3.05, 3.63) is 17.7 Å². The highest BCUT2D eigenvalue weighted by Gasteiger charge is 2.32. The van der Waals surface area contributed by atoms with E-state index in [1.165, 1.54) is 0 Å². The summed E-state index contributed by atoms with van der Waals surface area (Å²) in [5.41, 5.74) is 1.06. The topological polar surface area (TPSA) is 85.9 Å². The fourth-order valence-electron chi connectivity index (χ4n) is 3.54. The lowest BCUT2D eigenvalue weighted by Crippen LogP contribution is -2.46. The van der Waals surface area contributed by atoms with E-state index in [0.717, 1.165) is 37.8 Å². The molecule has 1 saturated carbocycles. The van der Waals surface area contributed by atoms with Crippen LogP contribution in [0.5, 0.6) is 17.2 Å². The molecule has 0 bridgehead atoms. The minimum absolute atomic E-state index is 0.0468. The Hall–Kier alpha value is -1.51. The van der Waals surface area contributed by atoms with Gasteiger partial charge in [-0.05, 0) is 76.6 Å². The van der Waals surface area contributed by atoms with E-state index >= 15 is 0 Å². The minimum Gasteiger partial charge on any atom is -0.493 e. The van der Waals surface area contributed by atoms with Crippen molar-refractivity contribution in [3.8, 4) is 17.2 Å². The zero-order chi connectivity index (χ0) is 21.7. The molecular weight excluding hydrogens is 392 g/mol. The fraction of sp³-hybridized carbons (Fsp3) is 0.714. The third-order valence-electron chi connectivity index (χ3n) is 5.46. The highest BCUT2D eigenvalue weighted by atomic mass is 32.2. The van der Waals surface area contributed by atoms with Gasteiger partial charge in [-0.3, -0.25) is 0 Å². The van der Waals surface area contributed by atoms with Crippen LogP contribution >= 0.6 is 0 Å². The Bertz CT molecular complexity index is 741. The van der Waals surface area contributed by atoms with Gasteiger partial charge in [0.1, 0.15) is 0 Å². The summed E-state index contributed by atoms with van der Waals surface area (Å²) < 4.78 is 42.9. The summed E-state index contributed by atoms with van der Waals surface area (Å²) in [4.78, 5) is 0. The number of hydrogen-bond acceptors (Lipinski definition) is 6. The standard InChI is InChI=1S/C21H36N2O5S/c1-21(2,3)29(24,25)23-17-9-7-15(8-10-17)13-22-14-16-11-18(26-4)20(28-6)19(12-16)27-5/h11-12,15,17,22-23H,7-10,13-14H2,1-6H3/t15-,17-. The average molecular weight is 429 g/mol. The molecule has 0 saturated heterocycles. The van der Waals surface area contributed by atoms with Crippen molar-refractivity contribution >= 4 is 10.0 Å². The molecule has 2 rings (SSSR count). The number of hydrogen-bond donors (Lipinski definition) is 2. The van der Waals surface area contributed by atoms with E-state index in [1.54, 1.807) is 42.1 Å². The zero-order valence-corrected chi connectivity index (χ0v) is 19.3. The van der Waals surface area contributed by atoms with Crippen molar-refractivity contribution in [2.45, 2.75) is 63.8 Å². The van der Waals surface area contributed by atoms with Gasteiger partial charge in [-0.25, -0.2) is 13.1 Å². The minimum atomic E-state index is -3.29. The molecule has 1 aliphatic carbocycles. The third-order valence-corrected chi connectivity index (χ3v) is 7.72. The van der Waals surface area contributed by atoms with Crippen LogP contribution in [-0.2, 0) is 16.6 Å². The molecule has 29 heavy (non-hydrogen) atoms. The maximum Gasteiger partial charge on any atom is 0.216 e. The largest absolute Gasteiger partial charge is 0.493 e. The fourth-order valence-corrected chi connectivity index (χ4v) is 4.57. The van der Waals surface area contributed by atoms with Crippen LogP contribution in [0.2, 0.25) is 0 Å². The lowest BCUT2D eigenvalue weighted by atomic mass is 9.86. The Kier molecular flexibility index (Phi) is 8.19. The molecule has 0 amide bonds. The molecule has 8 heteroatoms. The van der Waals surface area contributed by atoms with Crippen LogP contribution in [-0.4, -0.2) is 47.1 Å². The lowest BCUT2D eigenvalue weighted by molar-refractivity contribution is 0.301. The van der Waals surface area contributed by atoms with Gasteiger partial charge < -0.3 is 19.5 Å². The van der Waals surface area contributed by atoms with Crippen molar-refractivity contribution in [2.24, 2.45) is 5.92 Å². The van der Waals surface area contributed by atoms with E-state index in [-0.39, 0.29) is 6.04 Å². The normalized spacial score (nSPS) is 20.3. The van der Waals surface area contributed by atoms with Gasteiger partial charge in [-0.15, -0.1) is 0 Å². The van der Waals surface area contributed by atoms with Crippen LogP contribution < -0.4 is 24.2 Å². The summed E-state index contributed by atoms with van der Waals surface area (Å²) in [5.74, 6) is 2.44. The molecule has 1 aliphatic rings. The first kappa shape index (κ1) is 23.8. The number of sulfonamides is 1. The smallest absolute Gasteiger partial charge is 0.216 e. The van der Waals surface area contributed by atoms with Crippen molar-refractivity contribution in [2.75, 3.05) is 27.9 Å². The Morgan fingerprint density at radius 2 is 1.52 bits per heavy atom. The Morgan fingerprint density at radius 1 is 0.966 bits per heavy atom. The first-order chi connectivity index (χ1) is 13.6. The van der Waals surface area contributed by atoms with Gasteiger partial charge in [0.15, 0.2) is 11.5 Å². The van der Waals surface area contributed by atoms with Crippen molar-refractivity contribution < 1.29 is 22.6 Å². The second kappa shape index (κ2) is 10.00. The second-order valence-corrected chi connectivity index (χ2v) is 11.1. The first-order valence-corrected chi connectivity index (χ1v) is 11.6. The molecule has 0 atom stereocenters. The highest BCUT2D eigenvalue weighted by molar-refractivity contribution is 7.90. The van der Waals surface area contributed by atoms with Gasteiger partial charge in [-0.1, -0.05) is 0 Å². The molecule has 7 nitrogen and oxygen atoms in total. The number of ether oxygens (including phenoxy) is 3. The number of rotatable bonds is 9. The molecule has 1 aromatic rings. The number of benzene rings is 1. The van der Waals surface area contributed by atoms with Gasteiger partial charge in [-0.2, -0.15) is 0 Å². The van der Waals surface area contributed by atoms with E-state index in [1.807, 2.05) is 12.1 Å². The molecule has 1 fully saturated rings. The van der Waals surface area contributed by atoms with Crippen LogP contribution in [0.25, 0.3) is 0 Å². The Balaban J connectivity index is 1.83. The zero-order valence-electron chi connectivity index (χ0n) is 18.5. The first-order valence-electron chi connectivity index (χ1n) is 10.1. The summed E-state index contributed by atoms with van der Waals surface area (Å²) in [6.45, 7) is 6.79. The quantitative estimate of drug-likeness (QED) is 0.629. The molecule has 0 unspecified atom stereocenters. The van der Waals surface area contributed by atoms with Gasteiger partial charge in [0.25, 0.3) is 0 Å². The summed E-state index contributed by atoms with van der Waals surface area (Å²) in [6, 6.07) is 3.95. The molecule has 1 aromatic carbocycles. The van der Waals surface area contributed by atoms with Gasteiger partial charge in [0, 0.05) is 12.6 Å². The van der Waals surface area contributed by atoms with Crippen molar-refractivity contribution in [1.29, 1.82) is 0 Å². The maximum atomic E-state index is 12.3. The predicted octanol–water partition coefficient (Wildman–Crippen LogP) is 3.08. The summed E-state index contributed by atoms with van der Waals surface area (Å²) >= 11 is 0. The van der Waals surface area contributed by atoms with Crippen LogP contribution in [0.15, 0.2) is 12.1 Å². The van der Waals surface area contributed by atoms with Crippen LogP contribution in [0.1, 0.15) is 52.0 Å². The summed E-state index contributed by atoms with van der Waals surface area (Å²) in [6.07, 6.45) is 3.79. The molecule has 0 heterocycles. The molecule has 2 N–H and O–H groups in total. The van der Waals surface area contributed by atoms with Gasteiger partial charge >= 0.3 is 0 Å².